The zero-order chi connectivity index (χ0) is 18.9. The second-order valence-electron chi connectivity index (χ2n) is 7.08. The van der Waals surface area contributed by atoms with Crippen LogP contribution in [0.1, 0.15) is 26.3 Å². The smallest absolute Gasteiger partial charge is 0.261 e. The number of nitrogens with one attached hydrogen (secondary N) is 1. The third kappa shape index (κ3) is 3.75. The summed E-state index contributed by atoms with van der Waals surface area (Å²) >= 11 is 0. The van der Waals surface area contributed by atoms with Crippen LogP contribution in [0.3, 0.4) is 0 Å². The first-order chi connectivity index (χ1) is 12.2. The Bertz CT molecular complexity index is 1000. The quantitative estimate of drug-likeness (QED) is 0.761. The van der Waals surface area contributed by atoms with E-state index in [9.17, 15) is 8.42 Å². The Labute approximate surface area is 153 Å². The fourth-order valence-corrected chi connectivity index (χ4v) is 3.57. The van der Waals surface area contributed by atoms with Crippen molar-refractivity contribution in [1.82, 2.24) is 20.2 Å². The molecule has 0 saturated carbocycles. The van der Waals surface area contributed by atoms with Crippen molar-refractivity contribution < 1.29 is 8.42 Å². The molecule has 0 atom stereocenters. The molecular formula is C18H21N5O2S. The van der Waals surface area contributed by atoms with Crippen molar-refractivity contribution >= 4 is 15.7 Å². The van der Waals surface area contributed by atoms with E-state index in [1.165, 1.54) is 0 Å². The maximum atomic E-state index is 12.6. The maximum Gasteiger partial charge on any atom is 0.261 e. The van der Waals surface area contributed by atoms with E-state index >= 15 is 0 Å². The Morgan fingerprint density at radius 2 is 1.58 bits per heavy atom. The number of sulfonamides is 1. The molecule has 0 aliphatic heterocycles. The van der Waals surface area contributed by atoms with Gasteiger partial charge in [-0.25, -0.2) is 13.1 Å². The van der Waals surface area contributed by atoms with Crippen LogP contribution in [-0.4, -0.2) is 28.6 Å². The van der Waals surface area contributed by atoms with Gasteiger partial charge in [-0.1, -0.05) is 32.9 Å². The molecule has 0 saturated heterocycles. The van der Waals surface area contributed by atoms with Gasteiger partial charge in [-0.3, -0.25) is 4.72 Å². The lowest BCUT2D eigenvalue weighted by Gasteiger charge is -2.19. The average Bonchev–Trinajstić information content (AvgIpc) is 3.01. The molecule has 8 heteroatoms. The lowest BCUT2D eigenvalue weighted by Crippen LogP contribution is -2.14. The van der Waals surface area contributed by atoms with Gasteiger partial charge >= 0.3 is 0 Å². The fraction of sp³-hybridized carbons (Fsp3) is 0.278. The van der Waals surface area contributed by atoms with Gasteiger partial charge in [0.15, 0.2) is 5.82 Å². The number of anilines is 1. The van der Waals surface area contributed by atoms with Crippen LogP contribution in [-0.2, 0) is 22.5 Å². The van der Waals surface area contributed by atoms with Gasteiger partial charge in [-0.2, -0.15) is 0 Å². The highest BCUT2D eigenvalue weighted by Gasteiger charge is 2.18. The lowest BCUT2D eigenvalue weighted by atomic mass is 9.87. The molecule has 1 N–H and O–H groups in total. The molecule has 136 valence electrons. The SMILES string of the molecule is Cn1nnnc1-c1ccc(NS(=O)(=O)c2ccc(C(C)(C)C)cc2)cc1. The summed E-state index contributed by atoms with van der Waals surface area (Å²) < 4.78 is 29.3. The topological polar surface area (TPSA) is 89.8 Å². The van der Waals surface area contributed by atoms with E-state index in [1.54, 1.807) is 48.1 Å². The lowest BCUT2D eigenvalue weighted by molar-refractivity contribution is 0.587. The van der Waals surface area contributed by atoms with Crippen LogP contribution < -0.4 is 4.72 Å². The highest BCUT2D eigenvalue weighted by Crippen LogP contribution is 2.25. The molecule has 0 radical (unpaired) electrons. The molecule has 3 rings (SSSR count). The molecule has 7 nitrogen and oxygen atoms in total. The molecule has 1 aromatic heterocycles. The monoisotopic (exact) mass is 371 g/mol. The van der Waals surface area contributed by atoms with Gasteiger partial charge in [0.25, 0.3) is 10.0 Å². The van der Waals surface area contributed by atoms with E-state index in [1.807, 2.05) is 12.1 Å². The number of nitrogens with zero attached hydrogens (tertiary/aromatic N) is 4. The molecular weight excluding hydrogens is 350 g/mol. The summed E-state index contributed by atoms with van der Waals surface area (Å²) in [6.07, 6.45) is 0. The number of aromatic nitrogens is 4. The van der Waals surface area contributed by atoms with Crippen molar-refractivity contribution in [2.75, 3.05) is 4.72 Å². The van der Waals surface area contributed by atoms with Crippen LogP contribution in [0.2, 0.25) is 0 Å². The van der Waals surface area contributed by atoms with Crippen LogP contribution in [0.15, 0.2) is 53.4 Å². The van der Waals surface area contributed by atoms with Crippen LogP contribution in [0.5, 0.6) is 0 Å². The van der Waals surface area contributed by atoms with Gasteiger partial charge in [0.05, 0.1) is 4.90 Å². The summed E-state index contributed by atoms with van der Waals surface area (Å²) in [7, 11) is -1.90. The van der Waals surface area contributed by atoms with Crippen molar-refractivity contribution in [3.05, 3.63) is 54.1 Å². The van der Waals surface area contributed by atoms with Crippen molar-refractivity contribution in [3.8, 4) is 11.4 Å². The third-order valence-electron chi connectivity index (χ3n) is 4.05. The highest BCUT2D eigenvalue weighted by molar-refractivity contribution is 7.92. The second kappa shape index (κ2) is 6.53. The average molecular weight is 371 g/mol. The number of rotatable bonds is 4. The maximum absolute atomic E-state index is 12.6. The Hall–Kier alpha value is -2.74. The van der Waals surface area contributed by atoms with Crippen LogP contribution in [0.25, 0.3) is 11.4 Å². The number of aryl methyl sites for hydroxylation is 1. The van der Waals surface area contributed by atoms with E-state index in [2.05, 4.69) is 41.0 Å². The molecule has 2 aromatic carbocycles. The van der Waals surface area contributed by atoms with E-state index in [-0.39, 0.29) is 10.3 Å². The zero-order valence-electron chi connectivity index (χ0n) is 15.1. The van der Waals surface area contributed by atoms with Crippen molar-refractivity contribution in [2.45, 2.75) is 31.1 Å². The summed E-state index contributed by atoms with van der Waals surface area (Å²) in [5.74, 6) is 0.608. The van der Waals surface area contributed by atoms with Crippen molar-refractivity contribution in [1.29, 1.82) is 0 Å². The van der Waals surface area contributed by atoms with Crippen LogP contribution in [0, 0.1) is 0 Å². The number of tetrazole rings is 1. The third-order valence-corrected chi connectivity index (χ3v) is 5.44. The van der Waals surface area contributed by atoms with Crippen molar-refractivity contribution in [2.24, 2.45) is 7.05 Å². The molecule has 0 spiro atoms. The van der Waals surface area contributed by atoms with Gasteiger partial charge < -0.3 is 0 Å². The van der Waals surface area contributed by atoms with Gasteiger partial charge in [0, 0.05) is 18.3 Å². The summed E-state index contributed by atoms with van der Waals surface area (Å²) in [5.41, 5.74) is 2.33. The largest absolute Gasteiger partial charge is 0.280 e. The molecule has 0 bridgehead atoms. The minimum absolute atomic E-state index is 0.0275. The van der Waals surface area contributed by atoms with E-state index < -0.39 is 10.0 Å². The molecule has 3 aromatic rings. The minimum Gasteiger partial charge on any atom is -0.280 e. The summed E-state index contributed by atoms with van der Waals surface area (Å²) in [4.78, 5) is 0.229. The minimum atomic E-state index is -3.65. The molecule has 0 aliphatic rings. The normalized spacial score (nSPS) is 12.2. The Kier molecular flexibility index (Phi) is 4.53. The molecule has 0 unspecified atom stereocenters. The predicted octanol–water partition coefficient (Wildman–Crippen LogP) is 2.98. The molecule has 26 heavy (non-hydrogen) atoms. The van der Waals surface area contributed by atoms with Gasteiger partial charge in [-0.15, -0.1) is 5.10 Å². The van der Waals surface area contributed by atoms with Crippen LogP contribution >= 0.6 is 0 Å². The fourth-order valence-electron chi connectivity index (χ4n) is 2.51. The number of hydrogen-bond donors (Lipinski definition) is 1. The van der Waals surface area contributed by atoms with Gasteiger partial charge in [0.2, 0.25) is 0 Å². The predicted molar refractivity (Wildman–Crippen MR) is 100 cm³/mol. The molecule has 1 heterocycles. The van der Waals surface area contributed by atoms with Gasteiger partial charge in [0.1, 0.15) is 0 Å². The van der Waals surface area contributed by atoms with E-state index in [4.69, 9.17) is 0 Å². The first-order valence-corrected chi connectivity index (χ1v) is 9.61. The summed E-state index contributed by atoms with van der Waals surface area (Å²) in [6.45, 7) is 6.26. The van der Waals surface area contributed by atoms with Crippen molar-refractivity contribution in [3.63, 3.8) is 0 Å². The van der Waals surface area contributed by atoms with Crippen LogP contribution in [0.4, 0.5) is 5.69 Å². The summed E-state index contributed by atoms with van der Waals surface area (Å²) in [6, 6.07) is 13.9. The summed E-state index contributed by atoms with van der Waals surface area (Å²) in [5, 5.41) is 11.3. The first kappa shape index (κ1) is 18.1. The van der Waals surface area contributed by atoms with Gasteiger partial charge in [-0.05, 0) is 57.8 Å². The molecule has 0 fully saturated rings. The van der Waals surface area contributed by atoms with E-state index in [0.717, 1.165) is 11.1 Å². The highest BCUT2D eigenvalue weighted by atomic mass is 32.2. The second-order valence-corrected chi connectivity index (χ2v) is 8.77. The first-order valence-electron chi connectivity index (χ1n) is 8.13. The molecule has 0 aliphatic carbocycles. The Balaban J connectivity index is 1.80. The standard InChI is InChI=1S/C18H21N5O2S/c1-18(2,3)14-7-11-16(12-8-14)26(24,25)20-15-9-5-13(6-10-15)17-19-21-22-23(17)4/h5-12,20H,1-4H3. The molecule has 0 amide bonds. The Morgan fingerprint density at radius 3 is 2.08 bits per heavy atom. The Morgan fingerprint density at radius 1 is 0.962 bits per heavy atom. The van der Waals surface area contributed by atoms with E-state index in [0.29, 0.717) is 11.5 Å². The zero-order valence-corrected chi connectivity index (χ0v) is 15.9. The number of hydrogen-bond acceptors (Lipinski definition) is 5. The number of benzene rings is 2.